The van der Waals surface area contributed by atoms with Gasteiger partial charge in [-0.05, 0) is 62.6 Å². The number of hydrogen-bond donors (Lipinski definition) is 1. The molecular weight excluding hydrogens is 496 g/mol. The summed E-state index contributed by atoms with van der Waals surface area (Å²) in [6.07, 6.45) is 2.38. The molecule has 2 heterocycles. The number of benzene rings is 1. The molecule has 36 heavy (non-hydrogen) atoms. The SMILES string of the molecule is CC(C)C[C@@]1(C(=O)OC(C)(C)C)C[C@H](CO)[C@H](c2nccs2)N1C(=O)c1ccc(C(C)(C)C)c(Cl)c1. The van der Waals surface area contributed by atoms with E-state index in [2.05, 4.69) is 25.8 Å². The quantitative estimate of drug-likeness (QED) is 0.433. The van der Waals surface area contributed by atoms with E-state index in [0.29, 0.717) is 28.4 Å². The van der Waals surface area contributed by atoms with Gasteiger partial charge in [0.2, 0.25) is 0 Å². The van der Waals surface area contributed by atoms with Crippen LogP contribution in [0.5, 0.6) is 0 Å². The summed E-state index contributed by atoms with van der Waals surface area (Å²) in [5, 5.41) is 13.5. The van der Waals surface area contributed by atoms with Crippen molar-refractivity contribution in [1.29, 1.82) is 0 Å². The zero-order chi connectivity index (χ0) is 27.1. The standard InChI is InChI=1S/C28H39ClN2O4S/c1-17(2)14-28(25(34)35-27(6,7)8)15-19(16-32)22(23-30-11-12-36-23)31(28)24(33)18-9-10-20(21(29)13-18)26(3,4)5/h9-13,17,19,22,32H,14-16H2,1-8H3/t19-,22-,28+/m1/s1. The first kappa shape index (κ1) is 28.6. The van der Waals surface area contributed by atoms with Crippen LogP contribution in [-0.2, 0) is 14.9 Å². The molecule has 8 heteroatoms. The third kappa shape index (κ3) is 5.79. The van der Waals surface area contributed by atoms with E-state index < -0.39 is 23.2 Å². The highest BCUT2D eigenvalue weighted by Crippen LogP contribution is 2.51. The van der Waals surface area contributed by atoms with Crippen LogP contribution in [0.3, 0.4) is 0 Å². The summed E-state index contributed by atoms with van der Waals surface area (Å²) in [5.74, 6) is -1.04. The molecule has 3 atom stereocenters. The van der Waals surface area contributed by atoms with Gasteiger partial charge in [0.1, 0.15) is 16.1 Å². The van der Waals surface area contributed by atoms with Crippen molar-refractivity contribution < 1.29 is 19.4 Å². The lowest BCUT2D eigenvalue weighted by Gasteiger charge is -2.41. The summed E-state index contributed by atoms with van der Waals surface area (Å²) >= 11 is 8.06. The zero-order valence-electron chi connectivity index (χ0n) is 22.6. The average Bonchev–Trinajstić information content (AvgIpc) is 3.36. The number of aromatic nitrogens is 1. The first-order chi connectivity index (χ1) is 16.6. The summed E-state index contributed by atoms with van der Waals surface area (Å²) in [6, 6.07) is 4.78. The van der Waals surface area contributed by atoms with Gasteiger partial charge in [-0.25, -0.2) is 9.78 Å². The first-order valence-corrected chi connectivity index (χ1v) is 13.7. The Labute approximate surface area is 224 Å². The van der Waals surface area contributed by atoms with Crippen molar-refractivity contribution in [2.75, 3.05) is 6.61 Å². The molecule has 1 aliphatic rings. The van der Waals surface area contributed by atoms with Crippen LogP contribution in [0, 0.1) is 11.8 Å². The lowest BCUT2D eigenvalue weighted by Crippen LogP contribution is -2.56. The second kappa shape index (κ2) is 10.4. The lowest BCUT2D eigenvalue weighted by atomic mass is 9.83. The molecule has 1 aliphatic heterocycles. The molecule has 1 fully saturated rings. The number of hydrogen-bond acceptors (Lipinski definition) is 6. The third-order valence-electron chi connectivity index (χ3n) is 6.49. The van der Waals surface area contributed by atoms with E-state index in [0.717, 1.165) is 5.56 Å². The number of carbonyl (C=O) groups excluding carboxylic acids is 2. The number of nitrogens with zero attached hydrogens (tertiary/aromatic N) is 2. The molecule has 1 aromatic carbocycles. The fourth-order valence-electron chi connectivity index (χ4n) is 5.19. The van der Waals surface area contributed by atoms with Crippen LogP contribution in [0.4, 0.5) is 0 Å². The molecule has 6 nitrogen and oxygen atoms in total. The minimum Gasteiger partial charge on any atom is -0.458 e. The first-order valence-electron chi connectivity index (χ1n) is 12.5. The van der Waals surface area contributed by atoms with Crippen LogP contribution in [0.25, 0.3) is 0 Å². The third-order valence-corrected chi connectivity index (χ3v) is 7.65. The van der Waals surface area contributed by atoms with E-state index in [1.54, 1.807) is 23.2 Å². The van der Waals surface area contributed by atoms with E-state index in [1.807, 2.05) is 46.1 Å². The number of likely N-dealkylation sites (tertiary alicyclic amines) is 1. The highest BCUT2D eigenvalue weighted by Gasteiger charge is 2.60. The van der Waals surface area contributed by atoms with E-state index >= 15 is 0 Å². The van der Waals surface area contributed by atoms with Gasteiger partial charge in [0.25, 0.3) is 5.91 Å². The van der Waals surface area contributed by atoms with Crippen molar-refractivity contribution in [3.63, 3.8) is 0 Å². The van der Waals surface area contributed by atoms with Crippen molar-refractivity contribution in [3.05, 3.63) is 50.9 Å². The Hall–Kier alpha value is -1.96. The highest BCUT2D eigenvalue weighted by atomic mass is 35.5. The van der Waals surface area contributed by atoms with Gasteiger partial charge in [-0.1, -0.05) is 52.3 Å². The van der Waals surface area contributed by atoms with Crippen molar-refractivity contribution in [3.8, 4) is 0 Å². The van der Waals surface area contributed by atoms with Gasteiger partial charge in [-0.2, -0.15) is 0 Å². The number of carbonyl (C=O) groups is 2. The highest BCUT2D eigenvalue weighted by molar-refractivity contribution is 7.09. The van der Waals surface area contributed by atoms with Crippen molar-refractivity contribution >= 4 is 34.8 Å². The Morgan fingerprint density at radius 1 is 1.25 bits per heavy atom. The van der Waals surface area contributed by atoms with Crippen LogP contribution < -0.4 is 0 Å². The molecule has 1 N–H and O–H groups in total. The van der Waals surface area contributed by atoms with Gasteiger partial charge >= 0.3 is 5.97 Å². The molecule has 0 spiro atoms. The number of amides is 1. The molecule has 2 aromatic rings. The topological polar surface area (TPSA) is 79.7 Å². The summed E-state index contributed by atoms with van der Waals surface area (Å²) in [5.41, 5.74) is -0.841. The molecule has 0 radical (unpaired) electrons. The van der Waals surface area contributed by atoms with Crippen LogP contribution in [0.15, 0.2) is 29.8 Å². The smallest absolute Gasteiger partial charge is 0.332 e. The molecule has 3 rings (SSSR count). The average molecular weight is 535 g/mol. The Bertz CT molecular complexity index is 1090. The number of ether oxygens (including phenoxy) is 1. The molecule has 0 bridgehead atoms. The van der Waals surface area contributed by atoms with Crippen LogP contribution in [0.1, 0.15) is 95.2 Å². The van der Waals surface area contributed by atoms with Gasteiger partial charge in [0.15, 0.2) is 0 Å². The second-order valence-corrected chi connectivity index (χ2v) is 13.5. The van der Waals surface area contributed by atoms with E-state index in [1.165, 1.54) is 11.3 Å². The summed E-state index contributed by atoms with van der Waals surface area (Å²) < 4.78 is 5.93. The number of thiazole rings is 1. The maximum Gasteiger partial charge on any atom is 0.332 e. The maximum absolute atomic E-state index is 14.3. The van der Waals surface area contributed by atoms with Crippen molar-refractivity contribution in [1.82, 2.24) is 9.88 Å². The van der Waals surface area contributed by atoms with E-state index in [4.69, 9.17) is 16.3 Å². The van der Waals surface area contributed by atoms with Crippen LogP contribution in [-0.4, -0.2) is 44.6 Å². The van der Waals surface area contributed by atoms with Gasteiger partial charge in [0, 0.05) is 34.7 Å². The number of aliphatic hydroxyl groups is 1. The van der Waals surface area contributed by atoms with Gasteiger partial charge in [-0.3, -0.25) is 4.79 Å². The maximum atomic E-state index is 14.3. The predicted octanol–water partition coefficient (Wildman–Crippen LogP) is 6.42. The van der Waals surface area contributed by atoms with Crippen molar-refractivity contribution in [2.45, 2.75) is 90.8 Å². The fourth-order valence-corrected chi connectivity index (χ4v) is 6.47. The van der Waals surface area contributed by atoms with Crippen LogP contribution >= 0.6 is 22.9 Å². The molecule has 1 amide bonds. The lowest BCUT2D eigenvalue weighted by molar-refractivity contribution is -0.168. The van der Waals surface area contributed by atoms with Gasteiger partial charge in [0.05, 0.1) is 6.04 Å². The minimum atomic E-state index is -1.25. The minimum absolute atomic E-state index is 0.0917. The monoisotopic (exact) mass is 534 g/mol. The molecule has 0 unspecified atom stereocenters. The molecule has 1 saturated heterocycles. The Balaban J connectivity index is 2.22. The summed E-state index contributed by atoms with van der Waals surface area (Å²) in [6.45, 7) is 15.5. The number of esters is 1. The molecule has 198 valence electrons. The molecular formula is C28H39ClN2O4S. The molecule has 1 aromatic heterocycles. The van der Waals surface area contributed by atoms with Crippen LogP contribution in [0.2, 0.25) is 5.02 Å². The normalized spacial score (nSPS) is 22.8. The van der Waals surface area contributed by atoms with Crippen molar-refractivity contribution in [2.24, 2.45) is 11.8 Å². The second-order valence-electron chi connectivity index (χ2n) is 12.2. The fraction of sp³-hybridized carbons (Fsp3) is 0.607. The van der Waals surface area contributed by atoms with E-state index in [-0.39, 0.29) is 29.8 Å². The Morgan fingerprint density at radius 3 is 2.39 bits per heavy atom. The van der Waals surface area contributed by atoms with Gasteiger partial charge < -0.3 is 14.7 Å². The summed E-state index contributed by atoms with van der Waals surface area (Å²) in [7, 11) is 0. The zero-order valence-corrected chi connectivity index (χ0v) is 24.2. The molecule has 0 saturated carbocycles. The number of rotatable bonds is 6. The molecule has 0 aliphatic carbocycles. The number of halogens is 1. The van der Waals surface area contributed by atoms with E-state index in [9.17, 15) is 14.7 Å². The largest absolute Gasteiger partial charge is 0.458 e. The predicted molar refractivity (Wildman–Crippen MR) is 144 cm³/mol. The summed E-state index contributed by atoms with van der Waals surface area (Å²) in [4.78, 5) is 34.4. The number of aliphatic hydroxyl groups excluding tert-OH is 1. The Morgan fingerprint density at radius 2 is 1.92 bits per heavy atom. The Kier molecular flexibility index (Phi) is 8.28. The van der Waals surface area contributed by atoms with Gasteiger partial charge in [-0.15, -0.1) is 11.3 Å².